The molecular formula is C37H40F7N3O5. The van der Waals surface area contributed by atoms with Crippen molar-refractivity contribution in [2.45, 2.75) is 87.9 Å². The molecule has 0 saturated heterocycles. The van der Waals surface area contributed by atoms with Gasteiger partial charge in [0, 0.05) is 23.7 Å². The van der Waals surface area contributed by atoms with E-state index in [1.807, 2.05) is 0 Å². The lowest BCUT2D eigenvalue weighted by Gasteiger charge is -2.49. The van der Waals surface area contributed by atoms with Crippen LogP contribution in [0.25, 0.3) is 10.9 Å². The number of aromatic nitrogens is 2. The fraction of sp³-hybridized carbons (Fsp3) is 0.432. The van der Waals surface area contributed by atoms with E-state index in [9.17, 15) is 45.7 Å². The molecule has 1 aliphatic carbocycles. The molecule has 0 bridgehead atoms. The first-order chi connectivity index (χ1) is 23.9. The number of aliphatic hydroxyl groups is 2. The summed E-state index contributed by atoms with van der Waals surface area (Å²) in [6.45, 7) is 7.99. The van der Waals surface area contributed by atoms with Crippen LogP contribution in [0.1, 0.15) is 69.1 Å². The number of rotatable bonds is 8. The molecule has 3 unspecified atom stereocenters. The van der Waals surface area contributed by atoms with Gasteiger partial charge in [0.15, 0.2) is 11.9 Å². The summed E-state index contributed by atoms with van der Waals surface area (Å²) >= 11 is 0. The first-order valence-corrected chi connectivity index (χ1v) is 16.0. The molecule has 1 aliphatic rings. The molecule has 52 heavy (non-hydrogen) atoms. The van der Waals surface area contributed by atoms with Crippen LogP contribution in [0.3, 0.4) is 0 Å². The van der Waals surface area contributed by atoms with Crippen molar-refractivity contribution in [1.29, 1.82) is 0 Å². The van der Waals surface area contributed by atoms with Gasteiger partial charge < -0.3 is 25.0 Å². The molecule has 0 aliphatic heterocycles. The molecule has 0 radical (unpaired) electrons. The predicted molar refractivity (Wildman–Crippen MR) is 180 cm³/mol. The summed E-state index contributed by atoms with van der Waals surface area (Å²) in [6.07, 6.45) is -10.3. The molecule has 3 N–H and O–H groups in total. The van der Waals surface area contributed by atoms with Crippen molar-refractivity contribution in [1.82, 2.24) is 9.97 Å². The number of hydrogen-bond acceptors (Lipinski definition) is 8. The smallest absolute Gasteiger partial charge is 0.424 e. The third kappa shape index (κ3) is 7.80. The number of carbonyl (C=O) groups excluding carboxylic acids is 1. The second kappa shape index (κ2) is 14.1. The number of fused-ring (bicyclic) bond motifs is 2. The van der Waals surface area contributed by atoms with Gasteiger partial charge in [-0.3, -0.25) is 4.79 Å². The SMILES string of the molecule is COc1ccc(C(C)(C)CC(O)(C=O)C(F)(F)F)cc1.COc1ccc2c(c1)C(Nc1ccc(F)c3nc(C)ncc13)C(O)(C(F)(F)F)CC2(C)C. The number of anilines is 1. The Bertz CT molecular complexity index is 1920. The lowest BCUT2D eigenvalue weighted by Crippen LogP contribution is -2.58. The molecule has 15 heteroatoms. The third-order valence-corrected chi connectivity index (χ3v) is 9.37. The highest BCUT2D eigenvalue weighted by Crippen LogP contribution is 2.55. The molecule has 8 nitrogen and oxygen atoms in total. The molecule has 3 aromatic carbocycles. The number of aldehydes is 1. The molecule has 5 rings (SSSR count). The van der Waals surface area contributed by atoms with E-state index in [-0.39, 0.29) is 22.2 Å². The van der Waals surface area contributed by atoms with Gasteiger partial charge in [-0.15, -0.1) is 0 Å². The van der Waals surface area contributed by atoms with Gasteiger partial charge in [0.2, 0.25) is 5.60 Å². The predicted octanol–water partition coefficient (Wildman–Crippen LogP) is 8.07. The number of alkyl halides is 6. The van der Waals surface area contributed by atoms with E-state index in [0.29, 0.717) is 28.5 Å². The second-order valence-electron chi connectivity index (χ2n) is 14.1. The zero-order chi connectivity index (χ0) is 39.1. The van der Waals surface area contributed by atoms with Gasteiger partial charge in [-0.25, -0.2) is 14.4 Å². The Kier molecular flexibility index (Phi) is 11.0. The normalized spacial score (nSPS) is 19.8. The average Bonchev–Trinajstić information content (AvgIpc) is 3.06. The largest absolute Gasteiger partial charge is 0.497 e. The van der Waals surface area contributed by atoms with E-state index in [1.54, 1.807) is 57.2 Å². The summed E-state index contributed by atoms with van der Waals surface area (Å²) in [5.41, 5.74) is -6.79. The van der Waals surface area contributed by atoms with E-state index in [1.165, 1.54) is 46.4 Å². The van der Waals surface area contributed by atoms with Crippen molar-refractivity contribution in [3.63, 3.8) is 0 Å². The third-order valence-electron chi connectivity index (χ3n) is 9.37. The number of carbonyl (C=O) groups is 1. The molecule has 282 valence electrons. The Morgan fingerprint density at radius 3 is 2.10 bits per heavy atom. The van der Waals surface area contributed by atoms with Crippen molar-refractivity contribution in [3.8, 4) is 11.5 Å². The summed E-state index contributed by atoms with van der Waals surface area (Å²) in [7, 11) is 2.90. The van der Waals surface area contributed by atoms with Crippen molar-refractivity contribution >= 4 is 22.9 Å². The maximum Gasteiger partial charge on any atom is 0.424 e. The van der Waals surface area contributed by atoms with Crippen LogP contribution in [0.4, 0.5) is 36.4 Å². The standard InChI is InChI=1S/C23H23F4N3O2.C14H17F3O3/c1-12-28-10-15-18(8-7-17(24)19(15)29-12)30-20-14-9-13(32-4)5-6-16(14)21(2,3)11-22(20,31)23(25,26)27;1-12(2,8-13(19,9-18)14(15,16)17)10-4-6-11(20-3)7-5-10/h5-10,20,30-31H,11H2,1-4H3;4-7,9,19H,8H2,1-3H3. The Morgan fingerprint density at radius 1 is 0.962 bits per heavy atom. The van der Waals surface area contributed by atoms with Crippen LogP contribution in [-0.4, -0.2) is 64.2 Å². The van der Waals surface area contributed by atoms with Crippen LogP contribution in [0.5, 0.6) is 11.5 Å². The summed E-state index contributed by atoms with van der Waals surface area (Å²) < 4.78 is 106. The van der Waals surface area contributed by atoms with Crippen LogP contribution in [-0.2, 0) is 15.6 Å². The first-order valence-electron chi connectivity index (χ1n) is 16.0. The first kappa shape index (κ1) is 40.3. The van der Waals surface area contributed by atoms with Gasteiger partial charge in [0.1, 0.15) is 28.7 Å². The minimum absolute atomic E-state index is 0.0138. The lowest BCUT2D eigenvalue weighted by atomic mass is 9.63. The number of methoxy groups -OCH3 is 2. The fourth-order valence-electron chi connectivity index (χ4n) is 6.59. The highest BCUT2D eigenvalue weighted by Gasteiger charge is 2.64. The molecule has 4 aromatic rings. The van der Waals surface area contributed by atoms with E-state index in [4.69, 9.17) is 9.47 Å². The van der Waals surface area contributed by atoms with Crippen molar-refractivity contribution in [2.75, 3.05) is 19.5 Å². The van der Waals surface area contributed by atoms with Gasteiger partial charge in [0.05, 0.1) is 20.3 Å². The molecule has 0 saturated carbocycles. The number of halogens is 7. The van der Waals surface area contributed by atoms with Crippen molar-refractivity contribution in [2.24, 2.45) is 0 Å². The van der Waals surface area contributed by atoms with Crippen LogP contribution in [0.2, 0.25) is 0 Å². The Balaban J connectivity index is 0.000000261. The van der Waals surface area contributed by atoms with Gasteiger partial charge >= 0.3 is 12.4 Å². The van der Waals surface area contributed by atoms with Gasteiger partial charge in [-0.05, 0) is 77.3 Å². The number of ether oxygens (including phenoxy) is 2. The Labute approximate surface area is 296 Å². The van der Waals surface area contributed by atoms with Crippen LogP contribution < -0.4 is 14.8 Å². The van der Waals surface area contributed by atoms with E-state index in [2.05, 4.69) is 15.3 Å². The quantitative estimate of drug-likeness (QED) is 0.123. The zero-order valence-corrected chi connectivity index (χ0v) is 29.5. The van der Waals surface area contributed by atoms with E-state index >= 15 is 0 Å². The summed E-state index contributed by atoms with van der Waals surface area (Å²) in [6, 6.07) is 12.2. The fourth-order valence-corrected chi connectivity index (χ4v) is 6.59. The second-order valence-corrected chi connectivity index (χ2v) is 14.1. The molecule has 0 spiro atoms. The van der Waals surface area contributed by atoms with Crippen LogP contribution in [0.15, 0.2) is 60.8 Å². The van der Waals surface area contributed by atoms with Crippen LogP contribution >= 0.6 is 0 Å². The lowest BCUT2D eigenvalue weighted by molar-refractivity contribution is -0.275. The van der Waals surface area contributed by atoms with Gasteiger partial charge in [-0.2, -0.15) is 26.3 Å². The van der Waals surface area contributed by atoms with E-state index < -0.39 is 65.4 Å². The molecule has 1 aromatic heterocycles. The minimum Gasteiger partial charge on any atom is -0.497 e. The van der Waals surface area contributed by atoms with Gasteiger partial charge in [0.25, 0.3) is 0 Å². The van der Waals surface area contributed by atoms with Crippen LogP contribution in [0, 0.1) is 12.7 Å². The van der Waals surface area contributed by atoms with E-state index in [0.717, 1.165) is 6.07 Å². The Hall–Kier alpha value is -4.50. The number of aryl methyl sites for hydroxylation is 1. The van der Waals surface area contributed by atoms with Crippen molar-refractivity contribution < 1.29 is 55.2 Å². The highest BCUT2D eigenvalue weighted by molar-refractivity contribution is 5.91. The summed E-state index contributed by atoms with van der Waals surface area (Å²) in [5.74, 6) is 0.649. The maximum atomic E-state index is 14.3. The highest BCUT2D eigenvalue weighted by atomic mass is 19.4. The molecule has 3 atom stereocenters. The Morgan fingerprint density at radius 2 is 1.56 bits per heavy atom. The molecule has 0 amide bonds. The molecular weight excluding hydrogens is 699 g/mol. The summed E-state index contributed by atoms with van der Waals surface area (Å²) in [5, 5.41) is 23.7. The zero-order valence-electron chi connectivity index (χ0n) is 29.5. The molecule has 1 heterocycles. The number of nitrogens with zero attached hydrogens (tertiary/aromatic N) is 2. The van der Waals surface area contributed by atoms with Crippen molar-refractivity contribution in [3.05, 3.63) is 89.1 Å². The summed E-state index contributed by atoms with van der Waals surface area (Å²) in [4.78, 5) is 18.8. The van der Waals surface area contributed by atoms with Gasteiger partial charge in [-0.1, -0.05) is 45.9 Å². The number of nitrogens with one attached hydrogen (secondary N) is 1. The average molecular weight is 740 g/mol. The number of benzene rings is 3. The topological polar surface area (TPSA) is 114 Å². The molecule has 0 fully saturated rings. The number of hydrogen-bond donors (Lipinski definition) is 3. The minimum atomic E-state index is -5.00. The monoisotopic (exact) mass is 739 g/mol. The maximum absolute atomic E-state index is 14.3.